The summed E-state index contributed by atoms with van der Waals surface area (Å²) in [6.45, 7) is 0.281. The van der Waals surface area contributed by atoms with Crippen molar-refractivity contribution in [1.82, 2.24) is 9.88 Å². The van der Waals surface area contributed by atoms with E-state index >= 15 is 0 Å². The summed E-state index contributed by atoms with van der Waals surface area (Å²) in [5.74, 6) is -0.0243. The van der Waals surface area contributed by atoms with Gasteiger partial charge in [-0.15, -0.1) is 4.40 Å². The van der Waals surface area contributed by atoms with Crippen LogP contribution in [-0.4, -0.2) is 42.3 Å². The van der Waals surface area contributed by atoms with Crippen molar-refractivity contribution in [2.24, 2.45) is 4.40 Å². The van der Waals surface area contributed by atoms with Gasteiger partial charge in [0.05, 0.1) is 21.5 Å². The second-order valence-corrected chi connectivity index (χ2v) is 8.07. The van der Waals surface area contributed by atoms with E-state index in [0.29, 0.717) is 16.5 Å². The molecule has 0 saturated heterocycles. The predicted octanol–water partition coefficient (Wildman–Crippen LogP) is 1.73. The third-order valence-electron chi connectivity index (χ3n) is 3.60. The molecule has 0 fully saturated rings. The Bertz CT molecular complexity index is 1000. The summed E-state index contributed by atoms with van der Waals surface area (Å²) in [6, 6.07) is 7.65. The maximum Gasteiger partial charge on any atom is 0.258 e. The molecule has 0 saturated carbocycles. The van der Waals surface area contributed by atoms with Crippen LogP contribution >= 0.6 is 11.3 Å². The Hall–Kier alpha value is -2.52. The van der Waals surface area contributed by atoms with E-state index in [4.69, 9.17) is 0 Å². The number of para-hydroxylation sites is 1. The summed E-state index contributed by atoms with van der Waals surface area (Å²) in [6.07, 6.45) is 4.69. The molecule has 0 spiro atoms. The molecule has 3 heterocycles. The fourth-order valence-electron chi connectivity index (χ4n) is 2.43. The molecule has 0 aliphatic carbocycles. The van der Waals surface area contributed by atoms with Crippen molar-refractivity contribution in [3.8, 4) is 0 Å². The number of thiazole rings is 1. The molecule has 1 N–H and O–H groups in total. The number of fused-ring (bicyclic) bond motifs is 2. The van der Waals surface area contributed by atoms with Crippen molar-refractivity contribution >= 4 is 48.5 Å². The molecule has 122 valence electrons. The summed E-state index contributed by atoms with van der Waals surface area (Å²) in [7, 11) is -3.40. The fraction of sp³-hybridized carbons (Fsp3) is 0.133. The molecule has 24 heavy (non-hydrogen) atoms. The first-order chi connectivity index (χ1) is 11.5. The number of anilines is 1. The van der Waals surface area contributed by atoms with Crippen molar-refractivity contribution in [3.05, 3.63) is 48.2 Å². The molecule has 0 unspecified atom stereocenters. The molecule has 2 aliphatic rings. The number of sulfonamides is 1. The van der Waals surface area contributed by atoms with Gasteiger partial charge >= 0.3 is 0 Å². The van der Waals surface area contributed by atoms with Gasteiger partial charge in [0.15, 0.2) is 5.13 Å². The van der Waals surface area contributed by atoms with Crippen molar-refractivity contribution in [1.29, 1.82) is 0 Å². The number of benzene rings is 1. The number of amides is 1. The van der Waals surface area contributed by atoms with Gasteiger partial charge in [-0.05, 0) is 24.3 Å². The third-order valence-corrected chi connectivity index (χ3v) is 5.72. The lowest BCUT2D eigenvalue weighted by Gasteiger charge is -2.26. The lowest BCUT2D eigenvalue weighted by Crippen LogP contribution is -2.37. The maximum absolute atomic E-state index is 12.4. The minimum Gasteiger partial charge on any atom is -0.330 e. The zero-order valence-corrected chi connectivity index (χ0v) is 14.0. The zero-order valence-electron chi connectivity index (χ0n) is 12.3. The highest BCUT2D eigenvalue weighted by Gasteiger charge is 2.25. The number of nitrogens with one attached hydrogen (secondary N) is 1. The van der Waals surface area contributed by atoms with Gasteiger partial charge in [-0.3, -0.25) is 10.1 Å². The van der Waals surface area contributed by atoms with Gasteiger partial charge in [0.2, 0.25) is 0 Å². The number of aromatic nitrogens is 1. The van der Waals surface area contributed by atoms with Crippen LogP contribution in [-0.2, 0) is 14.8 Å². The summed E-state index contributed by atoms with van der Waals surface area (Å²) in [4.78, 5) is 18.4. The molecule has 0 radical (unpaired) electrons. The van der Waals surface area contributed by atoms with Crippen molar-refractivity contribution < 1.29 is 13.2 Å². The van der Waals surface area contributed by atoms with E-state index in [1.165, 1.54) is 17.4 Å². The first-order valence-corrected chi connectivity index (χ1v) is 9.59. The molecular formula is C15H12N4O3S2. The Morgan fingerprint density at radius 1 is 1.25 bits per heavy atom. The number of carbonyl (C=O) groups is 1. The average molecular weight is 360 g/mol. The van der Waals surface area contributed by atoms with Crippen molar-refractivity contribution in [2.75, 3.05) is 17.6 Å². The minimum absolute atomic E-state index is 0.0619. The van der Waals surface area contributed by atoms with E-state index in [0.717, 1.165) is 10.2 Å². The Kier molecular flexibility index (Phi) is 3.47. The van der Waals surface area contributed by atoms with Crippen LogP contribution in [0, 0.1) is 0 Å². The Morgan fingerprint density at radius 2 is 2.08 bits per heavy atom. The molecule has 1 aromatic carbocycles. The average Bonchev–Trinajstić information content (AvgIpc) is 2.95. The van der Waals surface area contributed by atoms with Crippen LogP contribution in [0.4, 0.5) is 5.13 Å². The molecule has 9 heteroatoms. The van der Waals surface area contributed by atoms with Gasteiger partial charge in [-0.25, -0.2) is 13.4 Å². The van der Waals surface area contributed by atoms with Crippen molar-refractivity contribution in [3.63, 3.8) is 0 Å². The predicted molar refractivity (Wildman–Crippen MR) is 93.4 cm³/mol. The van der Waals surface area contributed by atoms with Gasteiger partial charge in [-0.1, -0.05) is 23.5 Å². The largest absolute Gasteiger partial charge is 0.330 e. The second kappa shape index (κ2) is 5.53. The van der Waals surface area contributed by atoms with E-state index in [1.54, 1.807) is 17.2 Å². The summed E-state index contributed by atoms with van der Waals surface area (Å²) in [5, 5.41) is 3.30. The van der Waals surface area contributed by atoms with Gasteiger partial charge in [0.1, 0.15) is 5.84 Å². The molecule has 1 aromatic heterocycles. The Morgan fingerprint density at radius 3 is 2.92 bits per heavy atom. The fourth-order valence-corrected chi connectivity index (χ4v) is 4.26. The number of nitrogens with zero attached hydrogens (tertiary/aromatic N) is 3. The van der Waals surface area contributed by atoms with Gasteiger partial charge in [-0.2, -0.15) is 0 Å². The number of amidine groups is 1. The normalized spacial score (nSPS) is 18.8. The van der Waals surface area contributed by atoms with Crippen LogP contribution < -0.4 is 5.32 Å². The van der Waals surface area contributed by atoms with Crippen LogP contribution in [0.1, 0.15) is 0 Å². The maximum atomic E-state index is 12.4. The highest BCUT2D eigenvalue weighted by Crippen LogP contribution is 2.26. The van der Waals surface area contributed by atoms with Crippen LogP contribution in [0.15, 0.2) is 52.6 Å². The molecule has 0 atom stereocenters. The third kappa shape index (κ3) is 2.83. The molecule has 0 bridgehead atoms. The minimum atomic E-state index is -3.40. The topological polar surface area (TPSA) is 91.7 Å². The Balaban J connectivity index is 1.55. The van der Waals surface area contributed by atoms with Crippen LogP contribution in [0.3, 0.4) is 0 Å². The molecule has 4 rings (SSSR count). The molecule has 1 amide bonds. The lowest BCUT2D eigenvalue weighted by molar-refractivity contribution is -0.112. The Labute approximate surface area is 142 Å². The summed E-state index contributed by atoms with van der Waals surface area (Å²) in [5.41, 5.74) is 1.26. The highest BCUT2D eigenvalue weighted by molar-refractivity contribution is 7.90. The number of carbonyl (C=O) groups excluding carboxylic acids is 1. The first-order valence-electron chi connectivity index (χ1n) is 7.16. The smallest absolute Gasteiger partial charge is 0.258 e. The van der Waals surface area contributed by atoms with Crippen LogP contribution in [0.5, 0.6) is 0 Å². The molecule has 7 nitrogen and oxygen atoms in total. The van der Waals surface area contributed by atoms with E-state index in [-0.39, 0.29) is 18.2 Å². The quantitative estimate of drug-likeness (QED) is 0.881. The second-order valence-electron chi connectivity index (χ2n) is 5.29. The zero-order chi connectivity index (χ0) is 16.7. The molecule has 2 aliphatic heterocycles. The van der Waals surface area contributed by atoms with E-state index in [9.17, 15) is 13.2 Å². The van der Waals surface area contributed by atoms with E-state index < -0.39 is 10.0 Å². The van der Waals surface area contributed by atoms with Gasteiger partial charge in [0.25, 0.3) is 15.9 Å². The number of hydrogen-bond acceptors (Lipinski definition) is 6. The number of hydrogen-bond donors (Lipinski definition) is 1. The monoisotopic (exact) mass is 360 g/mol. The summed E-state index contributed by atoms with van der Waals surface area (Å²) >= 11 is 1.40. The highest BCUT2D eigenvalue weighted by atomic mass is 32.2. The lowest BCUT2D eigenvalue weighted by atomic mass is 10.2. The summed E-state index contributed by atoms with van der Waals surface area (Å²) < 4.78 is 27.7. The van der Waals surface area contributed by atoms with E-state index in [1.807, 2.05) is 24.3 Å². The standard InChI is InChI=1S/C15H12N4O3S2/c20-14(17-15-16-11-3-1-2-4-12(11)23-15)10-5-6-13-18-24(21,22)8-7-19(13)9-10/h1-6,9H,7-8H2,(H,16,17,20). The van der Waals surface area contributed by atoms with Gasteiger partial charge in [0, 0.05) is 12.7 Å². The van der Waals surface area contributed by atoms with Crippen LogP contribution in [0.25, 0.3) is 10.2 Å². The first kappa shape index (κ1) is 15.0. The molecular weight excluding hydrogens is 348 g/mol. The molecule has 2 aromatic rings. The SMILES string of the molecule is O=C(Nc1nc2ccccc2s1)C1=CN2CCS(=O)(=O)N=C2C=C1. The van der Waals surface area contributed by atoms with Crippen molar-refractivity contribution in [2.45, 2.75) is 0 Å². The van der Waals surface area contributed by atoms with Crippen LogP contribution in [0.2, 0.25) is 0 Å². The number of rotatable bonds is 2. The van der Waals surface area contributed by atoms with Gasteiger partial charge < -0.3 is 4.90 Å². The van der Waals surface area contributed by atoms with E-state index in [2.05, 4.69) is 14.7 Å².